The molecule has 32 heavy (non-hydrogen) atoms. The van der Waals surface area contributed by atoms with Crippen molar-refractivity contribution in [2.45, 2.75) is 37.8 Å². The van der Waals surface area contributed by atoms with Crippen LogP contribution in [0.1, 0.15) is 24.0 Å². The molecule has 0 amide bonds. The molecule has 11 heteroatoms. The van der Waals surface area contributed by atoms with Crippen LogP contribution in [0.2, 0.25) is 5.02 Å². The van der Waals surface area contributed by atoms with E-state index < -0.39 is 42.3 Å². The third-order valence-corrected chi connectivity index (χ3v) is 5.58. The number of ether oxygens (including phenoxy) is 1. The van der Waals surface area contributed by atoms with E-state index in [4.69, 9.17) is 21.4 Å². The van der Waals surface area contributed by atoms with Gasteiger partial charge in [0, 0.05) is 28.9 Å². The number of hydrogen-bond acceptors (Lipinski definition) is 3. The molecule has 1 aliphatic heterocycles. The lowest BCUT2D eigenvalue weighted by Gasteiger charge is -2.26. The summed E-state index contributed by atoms with van der Waals surface area (Å²) < 4.78 is 83.1. The number of nitrogens with zero attached hydrogens (tertiary/aromatic N) is 1. The fourth-order valence-electron chi connectivity index (χ4n) is 3.60. The van der Waals surface area contributed by atoms with Crippen molar-refractivity contribution >= 4 is 23.3 Å². The molecule has 0 bridgehead atoms. The number of carbonyl (C=O) groups is 1. The molecule has 2 unspecified atom stereocenters. The Kier molecular flexibility index (Phi) is 6.83. The van der Waals surface area contributed by atoms with Crippen LogP contribution in [0.25, 0.3) is 0 Å². The Morgan fingerprint density at radius 2 is 1.75 bits per heavy atom. The summed E-state index contributed by atoms with van der Waals surface area (Å²) in [5.41, 5.74) is -0.130. The van der Waals surface area contributed by atoms with Crippen LogP contribution in [0.4, 0.5) is 32.0 Å². The van der Waals surface area contributed by atoms with E-state index in [0.29, 0.717) is 17.0 Å². The van der Waals surface area contributed by atoms with Gasteiger partial charge in [0.2, 0.25) is 0 Å². The first kappa shape index (κ1) is 24.0. The number of anilines is 1. The van der Waals surface area contributed by atoms with Gasteiger partial charge < -0.3 is 14.7 Å². The van der Waals surface area contributed by atoms with Gasteiger partial charge in [-0.3, -0.25) is 4.79 Å². The van der Waals surface area contributed by atoms with E-state index in [0.717, 1.165) is 12.1 Å². The van der Waals surface area contributed by atoms with Crippen LogP contribution in [-0.4, -0.2) is 29.8 Å². The predicted molar refractivity (Wildman–Crippen MR) is 105 cm³/mol. The fraction of sp³-hybridized carbons (Fsp3) is 0.381. The quantitative estimate of drug-likeness (QED) is 0.501. The number of carboxylic acid groups (broad SMARTS) is 1. The van der Waals surface area contributed by atoms with E-state index in [1.54, 1.807) is 0 Å². The molecule has 1 saturated heterocycles. The molecule has 1 heterocycles. The Morgan fingerprint density at radius 1 is 1.09 bits per heavy atom. The molecule has 2 atom stereocenters. The lowest BCUT2D eigenvalue weighted by molar-refractivity contribution is -0.169. The number of halogens is 7. The smallest absolute Gasteiger partial charge is 0.416 e. The van der Waals surface area contributed by atoms with Crippen molar-refractivity contribution in [3.8, 4) is 5.75 Å². The molecule has 0 aromatic heterocycles. The van der Waals surface area contributed by atoms with Crippen molar-refractivity contribution in [3.63, 3.8) is 0 Å². The van der Waals surface area contributed by atoms with Gasteiger partial charge in [-0.25, -0.2) is 0 Å². The Morgan fingerprint density at radius 3 is 2.28 bits per heavy atom. The van der Waals surface area contributed by atoms with Gasteiger partial charge in [0.1, 0.15) is 12.4 Å². The van der Waals surface area contributed by atoms with Gasteiger partial charge in [-0.05, 0) is 42.8 Å². The van der Waals surface area contributed by atoms with Crippen molar-refractivity contribution in [2.75, 3.05) is 11.4 Å². The van der Waals surface area contributed by atoms with Crippen LogP contribution in [-0.2, 0) is 17.6 Å². The van der Waals surface area contributed by atoms with Crippen molar-refractivity contribution in [2.24, 2.45) is 5.92 Å². The highest BCUT2D eigenvalue weighted by molar-refractivity contribution is 6.31. The third kappa shape index (κ3) is 5.79. The number of hydrogen-bond donors (Lipinski definition) is 1. The van der Waals surface area contributed by atoms with Crippen molar-refractivity contribution in [1.29, 1.82) is 0 Å². The zero-order valence-corrected chi connectivity index (χ0v) is 17.1. The van der Waals surface area contributed by atoms with Gasteiger partial charge in [0.25, 0.3) is 0 Å². The normalized spacial score (nSPS) is 19.3. The zero-order chi connectivity index (χ0) is 23.7. The molecule has 3 rings (SSSR count). The van der Waals surface area contributed by atoms with Crippen LogP contribution in [0, 0.1) is 5.92 Å². The molecule has 2 aromatic rings. The zero-order valence-electron chi connectivity index (χ0n) is 16.4. The maximum absolute atomic E-state index is 13.1. The minimum absolute atomic E-state index is 0.108. The van der Waals surface area contributed by atoms with Crippen molar-refractivity contribution in [1.82, 2.24) is 0 Å². The third-order valence-electron chi connectivity index (χ3n) is 5.23. The largest absolute Gasteiger partial charge is 0.489 e. The number of benzene rings is 2. The van der Waals surface area contributed by atoms with Gasteiger partial charge in [-0.15, -0.1) is 0 Å². The molecule has 0 radical (unpaired) electrons. The molecule has 1 fully saturated rings. The SMILES string of the molecule is O=C(O)CC1CC(C(F)(F)F)CN1c1ccc(OCc2ccc(C(F)(F)F)cc2Cl)cc1. The van der Waals surface area contributed by atoms with E-state index in [2.05, 4.69) is 0 Å². The standard InChI is InChI=1S/C21H18ClF6NO3/c22-18-8-13(20(23,24)25)2-1-12(18)11-32-17-5-3-15(4-6-17)29-10-14(21(26,27)28)7-16(29)9-19(30)31/h1-6,8,14,16H,7,9-11H2,(H,30,31). The van der Waals surface area contributed by atoms with Crippen LogP contribution < -0.4 is 9.64 Å². The van der Waals surface area contributed by atoms with Crippen LogP contribution in [0.5, 0.6) is 5.75 Å². The van der Waals surface area contributed by atoms with Gasteiger partial charge in [0.05, 0.1) is 17.9 Å². The number of rotatable bonds is 6. The topological polar surface area (TPSA) is 49.8 Å². The second-order valence-corrected chi connectivity index (χ2v) is 7.87. The van der Waals surface area contributed by atoms with E-state index in [1.807, 2.05) is 0 Å². The highest BCUT2D eigenvalue weighted by Gasteiger charge is 2.47. The molecular formula is C21H18ClF6NO3. The van der Waals surface area contributed by atoms with Gasteiger partial charge in [0.15, 0.2) is 0 Å². The lowest BCUT2D eigenvalue weighted by atomic mass is 10.0. The van der Waals surface area contributed by atoms with E-state index >= 15 is 0 Å². The first-order chi connectivity index (χ1) is 14.8. The molecular weight excluding hydrogens is 464 g/mol. The molecule has 174 valence electrons. The van der Waals surface area contributed by atoms with Crippen LogP contribution >= 0.6 is 11.6 Å². The maximum atomic E-state index is 13.1. The highest BCUT2D eigenvalue weighted by atomic mass is 35.5. The van der Waals surface area contributed by atoms with Crippen LogP contribution in [0.3, 0.4) is 0 Å². The first-order valence-corrected chi connectivity index (χ1v) is 9.86. The number of alkyl halides is 6. The van der Waals surface area contributed by atoms with Gasteiger partial charge in [-0.1, -0.05) is 17.7 Å². The summed E-state index contributed by atoms with van der Waals surface area (Å²) in [6, 6.07) is 8.11. The lowest BCUT2D eigenvalue weighted by Crippen LogP contribution is -2.32. The Hall–Kier alpha value is -2.62. The maximum Gasteiger partial charge on any atom is 0.416 e. The van der Waals surface area contributed by atoms with E-state index in [1.165, 1.54) is 35.2 Å². The Labute approximate surface area is 184 Å². The Bertz CT molecular complexity index is 961. The second-order valence-electron chi connectivity index (χ2n) is 7.46. The highest BCUT2D eigenvalue weighted by Crippen LogP contribution is 2.40. The summed E-state index contributed by atoms with van der Waals surface area (Å²) >= 11 is 5.89. The molecule has 0 aliphatic carbocycles. The number of carboxylic acids is 1. The van der Waals surface area contributed by atoms with Crippen molar-refractivity contribution < 1.29 is 41.0 Å². The first-order valence-electron chi connectivity index (χ1n) is 9.48. The molecule has 2 aromatic carbocycles. The molecule has 0 saturated carbocycles. The summed E-state index contributed by atoms with van der Waals surface area (Å²) in [5, 5.41) is 8.92. The molecule has 1 N–H and O–H groups in total. The van der Waals surface area contributed by atoms with Crippen molar-refractivity contribution in [3.05, 3.63) is 58.6 Å². The summed E-state index contributed by atoms with van der Waals surface area (Å²) in [6.07, 6.45) is -9.66. The average Bonchev–Trinajstić information content (AvgIpc) is 3.10. The summed E-state index contributed by atoms with van der Waals surface area (Å²) in [5.74, 6) is -2.48. The van der Waals surface area contributed by atoms with Crippen LogP contribution in [0.15, 0.2) is 42.5 Å². The minimum Gasteiger partial charge on any atom is -0.489 e. The minimum atomic E-state index is -4.52. The fourth-order valence-corrected chi connectivity index (χ4v) is 3.84. The van der Waals surface area contributed by atoms with Gasteiger partial charge >= 0.3 is 18.3 Å². The summed E-state index contributed by atoms with van der Waals surface area (Å²) in [6.45, 7) is -0.458. The average molecular weight is 482 g/mol. The number of aliphatic carboxylic acids is 1. The summed E-state index contributed by atoms with van der Waals surface area (Å²) in [7, 11) is 0. The second kappa shape index (κ2) is 9.09. The predicted octanol–water partition coefficient (Wildman–Crippen LogP) is 6.17. The molecule has 4 nitrogen and oxygen atoms in total. The van der Waals surface area contributed by atoms with Gasteiger partial charge in [-0.2, -0.15) is 26.3 Å². The Balaban J connectivity index is 1.68. The summed E-state index contributed by atoms with van der Waals surface area (Å²) in [4.78, 5) is 12.5. The monoisotopic (exact) mass is 481 g/mol. The van der Waals surface area contributed by atoms with E-state index in [-0.39, 0.29) is 24.6 Å². The van der Waals surface area contributed by atoms with E-state index in [9.17, 15) is 31.1 Å². The molecule has 1 aliphatic rings. The molecule has 0 spiro atoms.